The van der Waals surface area contributed by atoms with Crippen LogP contribution in [0.15, 0.2) is 60.7 Å². The molecule has 0 N–H and O–H groups in total. The number of para-hydroxylation sites is 2. The van der Waals surface area contributed by atoms with Crippen LogP contribution in [0.3, 0.4) is 0 Å². The number of halogens is 6. The van der Waals surface area contributed by atoms with Crippen LogP contribution in [0.25, 0.3) is 0 Å². The van der Waals surface area contributed by atoms with E-state index < -0.39 is 0 Å². The maximum atomic E-state index is 2.30. The summed E-state index contributed by atoms with van der Waals surface area (Å²) in [5.74, 6) is 0. The van der Waals surface area contributed by atoms with Crippen LogP contribution < -0.4 is 118 Å². The van der Waals surface area contributed by atoms with E-state index in [1.165, 1.54) is 371 Å². The highest BCUT2D eigenvalue weighted by Crippen LogP contribution is 2.19. The Bertz CT molecular complexity index is 1720. The van der Waals surface area contributed by atoms with Crippen LogP contribution >= 0.6 is 0 Å². The summed E-state index contributed by atoms with van der Waals surface area (Å²) in [6.45, 7) is 14.5. The summed E-state index contributed by atoms with van der Waals surface area (Å²) < 4.78 is 6.27. The minimum atomic E-state index is 0. The lowest BCUT2D eigenvalue weighted by molar-refractivity contribution is -0.870. The molecule has 0 unspecified atom stereocenters. The fourth-order valence-electron chi connectivity index (χ4n) is 12.2. The second-order valence-corrected chi connectivity index (χ2v) is 35.7. The molecule has 2 aromatic carbocycles. The highest BCUT2D eigenvalue weighted by Gasteiger charge is 2.12. The van der Waals surface area contributed by atoms with E-state index in [-0.39, 0.29) is 109 Å². The Hall–Kier alpha value is 1.33. The minimum Gasteiger partial charge on any atom is -1.00 e. The molecule has 0 aliphatic heterocycles. The fourth-order valence-corrected chi connectivity index (χ4v) is 12.2. The van der Waals surface area contributed by atoms with Crippen LogP contribution in [0.2, 0.25) is 0 Å². The second-order valence-electron chi connectivity index (χ2n) is 35.7. The quantitative estimate of drug-likeness (QED) is 0.0353. The van der Waals surface area contributed by atoms with Gasteiger partial charge in [-0.25, -0.2) is 0 Å². The predicted molar refractivity (Wildman–Crippen MR) is 446 cm³/mol. The number of quaternary nitrogens is 6. The van der Waals surface area contributed by atoms with Gasteiger partial charge in [0.05, 0.1) is 153 Å². The largest absolute Gasteiger partial charge is 1.00 e. The molecule has 0 aliphatic carbocycles. The standard InChI is InChI=1S/C21H46N.C19H42N.C17H38N.C15H34N.2C9H14N.5BrH.HI/c1-5-6-7-8-9-10-11-12-13-14-15-16-17-18-19-20-21-22(2,3)4;1-5-6-7-8-9-10-11-12-13-14-15-16-17-18-19-20(2,3)4;1-5-6-7-8-9-10-11-12-13-14-15-16-17-18(2,3)4;1-5-6-7-8-9-10-11-12-13-14-15-16(2,3)4;2*1-10(2,3)9-7-5-4-6-8-9;;;;;;/h5-21H2,1-4H3;5-19H2,1-4H3;5-17H2,1-4H3;5-15H2,1-4H3;2*4-8H,1-3H3;6*1H/q6*+1;;;;;;/p-6. The Labute approximate surface area is 716 Å². The molecule has 0 saturated carbocycles. The summed E-state index contributed by atoms with van der Waals surface area (Å²) in [5.41, 5.74) is 2.67. The number of rotatable bonds is 58. The molecule has 0 atom stereocenters. The number of unbranched alkanes of at least 4 members (excludes halogenated alkanes) is 48. The third-order valence-electron chi connectivity index (χ3n) is 18.8. The first-order valence-electron chi connectivity index (χ1n) is 42.4. The van der Waals surface area contributed by atoms with Crippen LogP contribution in [-0.2, 0) is 0 Å². The summed E-state index contributed by atoms with van der Waals surface area (Å²) >= 11 is 0. The normalized spacial score (nSPS) is 11.2. The van der Waals surface area contributed by atoms with Gasteiger partial charge in [-0.15, -0.1) is 0 Å². The molecule has 0 fully saturated rings. The van der Waals surface area contributed by atoms with E-state index in [2.05, 4.69) is 203 Å². The Kier molecular flexibility index (Phi) is 107. The molecule has 0 bridgehead atoms. The molecule has 12 heteroatoms. The van der Waals surface area contributed by atoms with Gasteiger partial charge in [0, 0.05) is 0 Å². The summed E-state index contributed by atoms with van der Waals surface area (Å²) in [7, 11) is 40.5. The van der Waals surface area contributed by atoms with Gasteiger partial charge in [-0.2, -0.15) is 0 Å². The van der Waals surface area contributed by atoms with Crippen molar-refractivity contribution in [2.75, 3.05) is 153 Å². The molecular formula is C90H188Br5IN6. The lowest BCUT2D eigenvalue weighted by Gasteiger charge is -2.23. The van der Waals surface area contributed by atoms with E-state index in [0.29, 0.717) is 0 Å². The molecule has 0 saturated heterocycles. The van der Waals surface area contributed by atoms with Crippen molar-refractivity contribution in [3.63, 3.8) is 0 Å². The Morgan fingerprint density at radius 3 is 0.363 bits per heavy atom. The molecule has 2 aromatic rings. The van der Waals surface area contributed by atoms with Crippen molar-refractivity contribution in [1.82, 2.24) is 8.97 Å². The smallest absolute Gasteiger partial charge is 0.132 e. The van der Waals surface area contributed by atoms with Crippen molar-refractivity contribution >= 4 is 11.4 Å². The van der Waals surface area contributed by atoms with E-state index in [9.17, 15) is 0 Å². The topological polar surface area (TPSA) is 0 Å². The first-order chi connectivity index (χ1) is 45.5. The summed E-state index contributed by atoms with van der Waals surface area (Å²) in [4.78, 5) is 0. The van der Waals surface area contributed by atoms with Crippen LogP contribution in [0.4, 0.5) is 11.4 Å². The summed E-state index contributed by atoms with van der Waals surface area (Å²) in [5, 5.41) is 0. The Balaban J connectivity index is -0.000000125. The van der Waals surface area contributed by atoms with Crippen molar-refractivity contribution in [3.8, 4) is 0 Å². The van der Waals surface area contributed by atoms with Crippen LogP contribution in [0.5, 0.6) is 0 Å². The zero-order chi connectivity index (χ0) is 72.8. The van der Waals surface area contributed by atoms with Crippen molar-refractivity contribution in [3.05, 3.63) is 60.7 Å². The third kappa shape index (κ3) is 117. The van der Waals surface area contributed by atoms with Crippen molar-refractivity contribution < 1.29 is 127 Å². The van der Waals surface area contributed by atoms with E-state index in [4.69, 9.17) is 0 Å². The number of hydrogen-bond donors (Lipinski definition) is 0. The van der Waals surface area contributed by atoms with Crippen molar-refractivity contribution in [1.29, 1.82) is 0 Å². The number of nitrogens with zero attached hydrogens (tertiary/aromatic N) is 6. The zero-order valence-corrected chi connectivity index (χ0v) is 83.4. The van der Waals surface area contributed by atoms with Crippen LogP contribution in [-0.4, -0.2) is 171 Å². The molecule has 0 radical (unpaired) electrons. The average molecular weight is 1880 g/mol. The van der Waals surface area contributed by atoms with Gasteiger partial charge in [0.15, 0.2) is 0 Å². The molecule has 102 heavy (non-hydrogen) atoms. The first kappa shape index (κ1) is 124. The average Bonchev–Trinajstić information content (AvgIpc) is 0.889. The second kappa shape index (κ2) is 87.9. The molecule has 0 aromatic heterocycles. The lowest BCUT2D eigenvalue weighted by atomic mass is 10.0. The number of hydrogen-bond acceptors (Lipinski definition) is 0. The maximum absolute atomic E-state index is 2.30. The van der Waals surface area contributed by atoms with E-state index >= 15 is 0 Å². The highest BCUT2D eigenvalue weighted by molar-refractivity contribution is 5.40. The van der Waals surface area contributed by atoms with Gasteiger partial charge in [-0.1, -0.05) is 347 Å². The van der Waals surface area contributed by atoms with Gasteiger partial charge in [0.25, 0.3) is 0 Å². The summed E-state index contributed by atoms with van der Waals surface area (Å²) in [6.07, 6.45) is 75.5. The number of benzene rings is 2. The minimum absolute atomic E-state index is 0. The van der Waals surface area contributed by atoms with Crippen LogP contribution in [0, 0.1) is 0 Å². The Morgan fingerprint density at radius 1 is 0.167 bits per heavy atom. The molecule has 0 aliphatic rings. The van der Waals surface area contributed by atoms with Crippen molar-refractivity contribution in [2.45, 2.75) is 362 Å². The molecule has 2 rings (SSSR count). The van der Waals surface area contributed by atoms with Gasteiger partial charge >= 0.3 is 0 Å². The molecule has 0 spiro atoms. The van der Waals surface area contributed by atoms with E-state index in [1.54, 1.807) is 0 Å². The Morgan fingerprint density at radius 2 is 0.275 bits per heavy atom. The molecule has 0 amide bonds. The van der Waals surface area contributed by atoms with E-state index in [0.717, 1.165) is 26.9 Å². The van der Waals surface area contributed by atoms with Gasteiger partial charge in [-0.05, 0) is 75.6 Å². The van der Waals surface area contributed by atoms with Gasteiger partial charge in [-0.3, -0.25) is 8.97 Å². The molecule has 0 heterocycles. The monoisotopic (exact) mass is 1870 g/mol. The van der Waals surface area contributed by atoms with Gasteiger partial charge < -0.3 is 127 Å². The van der Waals surface area contributed by atoms with Crippen molar-refractivity contribution in [2.24, 2.45) is 0 Å². The molecule has 6 nitrogen and oxygen atoms in total. The van der Waals surface area contributed by atoms with Crippen LogP contribution in [0.1, 0.15) is 362 Å². The first-order valence-corrected chi connectivity index (χ1v) is 42.4. The fraction of sp³-hybridized carbons (Fsp3) is 0.867. The molecular weight excluding hydrogens is 1690 g/mol. The third-order valence-corrected chi connectivity index (χ3v) is 18.8. The maximum Gasteiger partial charge on any atom is 0.132 e. The van der Waals surface area contributed by atoms with Gasteiger partial charge in [0.2, 0.25) is 0 Å². The zero-order valence-electron chi connectivity index (χ0n) is 73.3. The predicted octanol–water partition coefficient (Wildman–Crippen LogP) is 8.93. The SMILES string of the molecule is CCCCCCCCCCCCCCCCCC[N+](C)(C)C.CCCCCCCCCCCCCCCC[N+](C)(C)C.CCCCCCCCCCCCCC[N+](C)(C)C.CCCCCCCCCCCC[N+](C)(C)C.C[N+](C)(C)c1ccccc1.C[N+](C)(C)c1ccccc1.[Br-].[Br-].[Br-].[Br-].[Br-].[I-]. The highest BCUT2D eigenvalue weighted by atomic mass is 127. The molecule has 620 valence electrons. The lowest BCUT2D eigenvalue weighted by Crippen LogP contribution is -3.00. The van der Waals surface area contributed by atoms with E-state index in [1.807, 2.05) is 12.1 Å². The van der Waals surface area contributed by atoms with Gasteiger partial charge in [0.1, 0.15) is 11.4 Å². The summed E-state index contributed by atoms with van der Waals surface area (Å²) in [6, 6.07) is 20.9.